The van der Waals surface area contributed by atoms with Crippen molar-refractivity contribution in [3.8, 4) is 0 Å². The molecule has 0 unspecified atom stereocenters. The minimum atomic E-state index is -0.219. The zero-order chi connectivity index (χ0) is 21.5. The minimum absolute atomic E-state index is 0.0615. The molecule has 0 bridgehead atoms. The molecule has 0 aliphatic heterocycles. The number of Topliss-reactive ketones (excluding diaryl/α,β-unsaturated/α-hetero) is 1. The lowest BCUT2D eigenvalue weighted by Gasteiger charge is -2.27. The quantitative estimate of drug-likeness (QED) is 0.636. The third-order valence-corrected chi connectivity index (χ3v) is 5.61. The summed E-state index contributed by atoms with van der Waals surface area (Å²) >= 11 is 0. The van der Waals surface area contributed by atoms with Crippen LogP contribution in [0.5, 0.6) is 0 Å². The van der Waals surface area contributed by atoms with Crippen molar-refractivity contribution in [2.75, 3.05) is 7.05 Å². The van der Waals surface area contributed by atoms with Crippen molar-refractivity contribution in [2.45, 2.75) is 46.7 Å². The first-order valence-electron chi connectivity index (χ1n) is 10.2. The molecule has 0 radical (unpaired) electrons. The van der Waals surface area contributed by atoms with Crippen LogP contribution in [-0.2, 0) is 19.5 Å². The van der Waals surface area contributed by atoms with Gasteiger partial charge in [0.2, 0.25) is 0 Å². The monoisotopic (exact) mass is 405 g/mol. The third-order valence-electron chi connectivity index (χ3n) is 5.61. The number of carbonyl (C=O) groups is 2. The van der Waals surface area contributed by atoms with Crippen LogP contribution in [0.2, 0.25) is 0 Å². The van der Waals surface area contributed by atoms with E-state index in [9.17, 15) is 9.59 Å². The number of aromatic nitrogens is 2. The Morgan fingerprint density at radius 1 is 1.20 bits per heavy atom. The van der Waals surface area contributed by atoms with Gasteiger partial charge in [-0.25, -0.2) is 0 Å². The fourth-order valence-electron chi connectivity index (χ4n) is 4.15. The molecule has 1 aromatic carbocycles. The van der Waals surface area contributed by atoms with E-state index in [1.807, 2.05) is 42.9 Å². The van der Waals surface area contributed by atoms with E-state index in [0.29, 0.717) is 42.8 Å². The third kappa shape index (κ3) is 3.95. The molecule has 4 rings (SSSR count). The zero-order valence-corrected chi connectivity index (χ0v) is 17.9. The molecule has 0 fully saturated rings. The molecule has 6 nitrogen and oxygen atoms in total. The van der Waals surface area contributed by atoms with Crippen molar-refractivity contribution in [3.63, 3.8) is 0 Å². The van der Waals surface area contributed by atoms with Gasteiger partial charge in [0.05, 0.1) is 18.3 Å². The van der Waals surface area contributed by atoms with E-state index in [0.717, 1.165) is 5.56 Å². The van der Waals surface area contributed by atoms with Crippen LogP contribution in [0.15, 0.2) is 47.1 Å². The van der Waals surface area contributed by atoms with Crippen LogP contribution in [0.25, 0.3) is 0 Å². The smallest absolute Gasteiger partial charge is 0.289 e. The van der Waals surface area contributed by atoms with Crippen molar-refractivity contribution in [1.82, 2.24) is 14.7 Å². The molecular formula is C24H27N3O3. The number of amides is 1. The van der Waals surface area contributed by atoms with Crippen LogP contribution >= 0.6 is 0 Å². The van der Waals surface area contributed by atoms with Crippen LogP contribution in [0.1, 0.15) is 63.6 Å². The Morgan fingerprint density at radius 3 is 2.67 bits per heavy atom. The minimum Gasteiger partial charge on any atom is -0.455 e. The number of nitrogens with zero attached hydrogens (tertiary/aromatic N) is 3. The second-order valence-corrected chi connectivity index (χ2v) is 8.99. The number of hydrogen-bond donors (Lipinski definition) is 0. The van der Waals surface area contributed by atoms with Crippen molar-refractivity contribution in [3.05, 3.63) is 76.5 Å². The summed E-state index contributed by atoms with van der Waals surface area (Å²) in [6.07, 6.45) is 4.87. The van der Waals surface area contributed by atoms with Gasteiger partial charge in [-0.2, -0.15) is 5.10 Å². The number of benzene rings is 1. The van der Waals surface area contributed by atoms with Gasteiger partial charge in [0.25, 0.3) is 5.91 Å². The summed E-state index contributed by atoms with van der Waals surface area (Å²) in [4.78, 5) is 27.2. The number of hydrogen-bond acceptors (Lipinski definition) is 4. The van der Waals surface area contributed by atoms with Gasteiger partial charge in [-0.3, -0.25) is 14.3 Å². The second kappa shape index (κ2) is 7.59. The molecule has 0 atom stereocenters. The number of ketones is 1. The summed E-state index contributed by atoms with van der Waals surface area (Å²) in [5.41, 5.74) is 3.21. The molecule has 1 amide bonds. The van der Waals surface area contributed by atoms with E-state index in [1.54, 1.807) is 25.1 Å². The van der Waals surface area contributed by atoms with E-state index >= 15 is 0 Å². The summed E-state index contributed by atoms with van der Waals surface area (Å²) in [5.74, 6) is 0.751. The molecule has 0 saturated heterocycles. The molecular weight excluding hydrogens is 378 g/mol. The maximum Gasteiger partial charge on any atom is 0.289 e. The van der Waals surface area contributed by atoms with Gasteiger partial charge >= 0.3 is 0 Å². The average molecular weight is 405 g/mol. The SMILES string of the molecule is Cc1c(C(=O)N(C)Cc2cnn(Cc3ccccc3)c2)oc2c1C(=O)CC(C)(C)C2. The fraction of sp³-hybridized carbons (Fsp3) is 0.375. The largest absolute Gasteiger partial charge is 0.455 e. The Bertz CT molecular complexity index is 1090. The Morgan fingerprint density at radius 2 is 1.93 bits per heavy atom. The maximum absolute atomic E-state index is 13.0. The Kier molecular flexibility index (Phi) is 5.10. The fourth-order valence-corrected chi connectivity index (χ4v) is 4.15. The van der Waals surface area contributed by atoms with Crippen LogP contribution in [0, 0.1) is 12.3 Å². The normalized spacial score (nSPS) is 15.1. The van der Waals surface area contributed by atoms with Crippen molar-refractivity contribution < 1.29 is 14.0 Å². The van der Waals surface area contributed by atoms with Gasteiger partial charge < -0.3 is 9.32 Å². The van der Waals surface area contributed by atoms with E-state index in [1.165, 1.54) is 5.56 Å². The number of carbonyl (C=O) groups excluding carboxylic acids is 2. The standard InChI is InChI=1S/C24H27N3O3/c1-16-21-19(28)10-24(2,3)11-20(21)30-22(16)23(29)26(4)13-18-12-25-27(15-18)14-17-8-6-5-7-9-17/h5-9,12,15H,10-11,13-14H2,1-4H3. The van der Waals surface area contributed by atoms with Crippen molar-refractivity contribution in [2.24, 2.45) is 5.41 Å². The van der Waals surface area contributed by atoms with E-state index in [4.69, 9.17) is 4.42 Å². The predicted molar refractivity (Wildman–Crippen MR) is 113 cm³/mol. The number of fused-ring (bicyclic) bond motifs is 1. The summed E-state index contributed by atoms with van der Waals surface area (Å²) in [7, 11) is 1.74. The van der Waals surface area contributed by atoms with Gasteiger partial charge in [-0.05, 0) is 17.9 Å². The van der Waals surface area contributed by atoms with E-state index < -0.39 is 0 Å². The zero-order valence-electron chi connectivity index (χ0n) is 17.9. The lowest BCUT2D eigenvalue weighted by atomic mass is 9.76. The summed E-state index contributed by atoms with van der Waals surface area (Å²) < 4.78 is 7.78. The van der Waals surface area contributed by atoms with Crippen LogP contribution in [0.4, 0.5) is 0 Å². The molecule has 0 spiro atoms. The second-order valence-electron chi connectivity index (χ2n) is 8.99. The Labute approximate surface area is 176 Å². The van der Waals surface area contributed by atoms with Gasteiger partial charge in [0, 0.05) is 43.8 Å². The molecule has 1 aliphatic rings. The Balaban J connectivity index is 1.48. The highest BCUT2D eigenvalue weighted by atomic mass is 16.4. The summed E-state index contributed by atoms with van der Waals surface area (Å²) in [6.45, 7) is 6.99. The maximum atomic E-state index is 13.0. The number of furan rings is 1. The van der Waals surface area contributed by atoms with Gasteiger partial charge in [-0.1, -0.05) is 44.2 Å². The highest BCUT2D eigenvalue weighted by Crippen LogP contribution is 2.38. The molecule has 0 N–H and O–H groups in total. The molecule has 0 saturated carbocycles. The van der Waals surface area contributed by atoms with Crippen LogP contribution < -0.4 is 0 Å². The molecule has 3 aromatic rings. The first kappa shape index (κ1) is 20.1. The summed E-state index contributed by atoms with van der Waals surface area (Å²) in [5, 5.41) is 4.40. The van der Waals surface area contributed by atoms with Gasteiger partial charge in [0.15, 0.2) is 11.5 Å². The molecule has 1 aliphatic carbocycles. The lowest BCUT2D eigenvalue weighted by molar-refractivity contribution is 0.0746. The van der Waals surface area contributed by atoms with Crippen molar-refractivity contribution in [1.29, 1.82) is 0 Å². The molecule has 6 heteroatoms. The molecule has 2 heterocycles. The van der Waals surface area contributed by atoms with Crippen LogP contribution in [-0.4, -0.2) is 33.4 Å². The van der Waals surface area contributed by atoms with Gasteiger partial charge in [0.1, 0.15) is 5.76 Å². The van der Waals surface area contributed by atoms with E-state index in [-0.39, 0.29) is 22.9 Å². The molecule has 30 heavy (non-hydrogen) atoms. The number of rotatable bonds is 5. The lowest BCUT2D eigenvalue weighted by Crippen LogP contribution is -2.26. The highest BCUT2D eigenvalue weighted by molar-refractivity contribution is 6.03. The molecule has 2 aromatic heterocycles. The van der Waals surface area contributed by atoms with Gasteiger partial charge in [-0.15, -0.1) is 0 Å². The summed E-state index contributed by atoms with van der Waals surface area (Å²) in [6, 6.07) is 10.1. The first-order chi connectivity index (χ1) is 14.2. The predicted octanol–water partition coefficient (Wildman–Crippen LogP) is 4.26. The molecule has 156 valence electrons. The Hall–Kier alpha value is -3.15. The highest BCUT2D eigenvalue weighted by Gasteiger charge is 2.37. The van der Waals surface area contributed by atoms with E-state index in [2.05, 4.69) is 17.2 Å². The average Bonchev–Trinajstić information content (AvgIpc) is 3.24. The van der Waals surface area contributed by atoms with Crippen molar-refractivity contribution >= 4 is 11.7 Å². The topological polar surface area (TPSA) is 68.3 Å². The van der Waals surface area contributed by atoms with Crippen LogP contribution in [0.3, 0.4) is 0 Å². The first-order valence-corrected chi connectivity index (χ1v) is 10.2.